The lowest BCUT2D eigenvalue weighted by Gasteiger charge is -2.15. The van der Waals surface area contributed by atoms with E-state index in [-0.39, 0.29) is 0 Å². The van der Waals surface area contributed by atoms with Gasteiger partial charge in [-0.2, -0.15) is 0 Å². The second kappa shape index (κ2) is 7.42. The van der Waals surface area contributed by atoms with Crippen LogP contribution in [0.1, 0.15) is 44.7 Å². The Bertz CT molecular complexity index is 358. The number of benzene rings is 1. The van der Waals surface area contributed by atoms with Crippen molar-refractivity contribution in [3.63, 3.8) is 0 Å². The Morgan fingerprint density at radius 2 is 1.89 bits per heavy atom. The first-order chi connectivity index (χ1) is 8.50. The minimum Gasteiger partial charge on any atom is -0.492 e. The van der Waals surface area contributed by atoms with Crippen LogP contribution in [-0.4, -0.2) is 19.7 Å². The summed E-state index contributed by atoms with van der Waals surface area (Å²) in [5.74, 6) is 2.23. The van der Waals surface area contributed by atoms with Gasteiger partial charge in [0.2, 0.25) is 0 Å². The quantitative estimate of drug-likeness (QED) is 0.743. The van der Waals surface area contributed by atoms with Gasteiger partial charge in [-0.1, -0.05) is 39.8 Å². The molecule has 0 saturated heterocycles. The SMILES string of the molecule is Cc1ccc(C(C)C)c(OCCNCC(C)C)c1. The molecule has 0 fully saturated rings. The molecule has 0 atom stereocenters. The van der Waals surface area contributed by atoms with Crippen LogP contribution >= 0.6 is 0 Å². The molecule has 1 N–H and O–H groups in total. The van der Waals surface area contributed by atoms with E-state index < -0.39 is 0 Å². The van der Waals surface area contributed by atoms with Gasteiger partial charge in [0.25, 0.3) is 0 Å². The van der Waals surface area contributed by atoms with Crippen LogP contribution in [0.15, 0.2) is 18.2 Å². The Morgan fingerprint density at radius 3 is 2.50 bits per heavy atom. The van der Waals surface area contributed by atoms with Crippen molar-refractivity contribution in [3.8, 4) is 5.75 Å². The number of hydrogen-bond acceptors (Lipinski definition) is 2. The first-order valence-corrected chi connectivity index (χ1v) is 6.94. The highest BCUT2D eigenvalue weighted by Gasteiger charge is 2.07. The molecule has 0 aromatic heterocycles. The van der Waals surface area contributed by atoms with Gasteiger partial charge in [-0.3, -0.25) is 0 Å². The summed E-state index contributed by atoms with van der Waals surface area (Å²) in [5, 5.41) is 3.39. The summed E-state index contributed by atoms with van der Waals surface area (Å²) in [4.78, 5) is 0. The van der Waals surface area contributed by atoms with Crippen molar-refractivity contribution in [2.24, 2.45) is 5.92 Å². The zero-order valence-corrected chi connectivity index (χ0v) is 12.4. The van der Waals surface area contributed by atoms with Gasteiger partial charge in [0.05, 0.1) is 0 Å². The van der Waals surface area contributed by atoms with Crippen LogP contribution in [0, 0.1) is 12.8 Å². The highest BCUT2D eigenvalue weighted by Crippen LogP contribution is 2.27. The van der Waals surface area contributed by atoms with Crippen LogP contribution < -0.4 is 10.1 Å². The zero-order chi connectivity index (χ0) is 13.5. The molecule has 0 aliphatic heterocycles. The molecule has 0 unspecified atom stereocenters. The molecule has 0 aliphatic carbocycles. The first-order valence-electron chi connectivity index (χ1n) is 6.94. The second-order valence-corrected chi connectivity index (χ2v) is 5.64. The van der Waals surface area contributed by atoms with Crippen LogP contribution in [0.25, 0.3) is 0 Å². The number of hydrogen-bond donors (Lipinski definition) is 1. The number of rotatable bonds is 7. The van der Waals surface area contributed by atoms with Crippen molar-refractivity contribution >= 4 is 0 Å². The second-order valence-electron chi connectivity index (χ2n) is 5.64. The molecule has 1 rings (SSSR count). The largest absolute Gasteiger partial charge is 0.492 e. The van der Waals surface area contributed by atoms with Crippen molar-refractivity contribution in [1.82, 2.24) is 5.32 Å². The Labute approximate surface area is 112 Å². The monoisotopic (exact) mass is 249 g/mol. The van der Waals surface area contributed by atoms with Gasteiger partial charge in [0.15, 0.2) is 0 Å². The number of nitrogens with one attached hydrogen (secondary N) is 1. The lowest BCUT2D eigenvalue weighted by atomic mass is 10.0. The minimum atomic E-state index is 0.504. The maximum Gasteiger partial charge on any atom is 0.123 e. The van der Waals surface area contributed by atoms with Gasteiger partial charge in [-0.25, -0.2) is 0 Å². The molecule has 0 radical (unpaired) electrons. The van der Waals surface area contributed by atoms with Crippen LogP contribution in [0.4, 0.5) is 0 Å². The average molecular weight is 249 g/mol. The van der Waals surface area contributed by atoms with Gasteiger partial charge < -0.3 is 10.1 Å². The van der Waals surface area contributed by atoms with Crippen molar-refractivity contribution in [2.45, 2.75) is 40.5 Å². The molecule has 0 amide bonds. The Morgan fingerprint density at radius 1 is 1.17 bits per heavy atom. The molecule has 1 aromatic rings. The van der Waals surface area contributed by atoms with Crippen LogP contribution in [0.3, 0.4) is 0 Å². The van der Waals surface area contributed by atoms with Crippen molar-refractivity contribution in [1.29, 1.82) is 0 Å². The topological polar surface area (TPSA) is 21.3 Å². The van der Waals surface area contributed by atoms with E-state index in [0.717, 1.165) is 25.4 Å². The summed E-state index contributed by atoms with van der Waals surface area (Å²) in [6.45, 7) is 13.6. The summed E-state index contributed by atoms with van der Waals surface area (Å²) in [6.07, 6.45) is 0. The normalized spacial score (nSPS) is 11.3. The molecule has 2 heteroatoms. The molecular formula is C16H27NO. The molecule has 1 aromatic carbocycles. The van der Waals surface area contributed by atoms with E-state index in [1.165, 1.54) is 11.1 Å². The molecule has 2 nitrogen and oxygen atoms in total. The summed E-state index contributed by atoms with van der Waals surface area (Å²) in [7, 11) is 0. The highest BCUT2D eigenvalue weighted by molar-refractivity contribution is 5.39. The molecule has 0 spiro atoms. The molecular weight excluding hydrogens is 222 g/mol. The molecule has 18 heavy (non-hydrogen) atoms. The third kappa shape index (κ3) is 5.09. The third-order valence-electron chi connectivity index (χ3n) is 2.88. The molecule has 0 aliphatic rings. The van der Waals surface area contributed by atoms with Gasteiger partial charge >= 0.3 is 0 Å². The van der Waals surface area contributed by atoms with E-state index in [2.05, 4.69) is 58.1 Å². The zero-order valence-electron chi connectivity index (χ0n) is 12.4. The van der Waals surface area contributed by atoms with Gasteiger partial charge in [-0.05, 0) is 42.5 Å². The fourth-order valence-corrected chi connectivity index (χ4v) is 1.87. The van der Waals surface area contributed by atoms with Crippen molar-refractivity contribution < 1.29 is 4.74 Å². The number of ether oxygens (including phenoxy) is 1. The Balaban J connectivity index is 2.48. The van der Waals surface area contributed by atoms with Gasteiger partial charge in [-0.15, -0.1) is 0 Å². The minimum absolute atomic E-state index is 0.504. The lowest BCUT2D eigenvalue weighted by molar-refractivity contribution is 0.307. The Hall–Kier alpha value is -1.02. The third-order valence-corrected chi connectivity index (χ3v) is 2.88. The van der Waals surface area contributed by atoms with Crippen LogP contribution in [-0.2, 0) is 0 Å². The molecule has 102 valence electrons. The standard InChI is InChI=1S/C16H27NO/c1-12(2)11-17-8-9-18-16-10-14(5)6-7-15(16)13(3)4/h6-7,10,12-13,17H,8-9,11H2,1-5H3. The van der Waals surface area contributed by atoms with Crippen LogP contribution in [0.5, 0.6) is 5.75 Å². The fraction of sp³-hybridized carbons (Fsp3) is 0.625. The summed E-state index contributed by atoms with van der Waals surface area (Å²) >= 11 is 0. The number of aryl methyl sites for hydroxylation is 1. The van der Waals surface area contributed by atoms with E-state index in [4.69, 9.17) is 4.74 Å². The summed E-state index contributed by atoms with van der Waals surface area (Å²) in [6, 6.07) is 6.47. The van der Waals surface area contributed by atoms with E-state index >= 15 is 0 Å². The van der Waals surface area contributed by atoms with Crippen molar-refractivity contribution in [3.05, 3.63) is 29.3 Å². The molecule has 0 saturated carbocycles. The van der Waals surface area contributed by atoms with Crippen molar-refractivity contribution in [2.75, 3.05) is 19.7 Å². The smallest absolute Gasteiger partial charge is 0.123 e. The molecule has 0 bridgehead atoms. The molecule has 0 heterocycles. The predicted octanol–water partition coefficient (Wildman–Crippen LogP) is 3.74. The maximum absolute atomic E-state index is 5.90. The predicted molar refractivity (Wildman–Crippen MR) is 78.5 cm³/mol. The van der Waals surface area contributed by atoms with Crippen LogP contribution in [0.2, 0.25) is 0 Å². The average Bonchev–Trinajstić information content (AvgIpc) is 2.27. The van der Waals surface area contributed by atoms with E-state index in [1.807, 2.05) is 0 Å². The van der Waals surface area contributed by atoms with E-state index in [9.17, 15) is 0 Å². The fourth-order valence-electron chi connectivity index (χ4n) is 1.87. The summed E-state index contributed by atoms with van der Waals surface area (Å²) < 4.78 is 5.90. The summed E-state index contributed by atoms with van der Waals surface area (Å²) in [5.41, 5.74) is 2.55. The highest BCUT2D eigenvalue weighted by atomic mass is 16.5. The maximum atomic E-state index is 5.90. The first kappa shape index (κ1) is 15.0. The van der Waals surface area contributed by atoms with Gasteiger partial charge in [0.1, 0.15) is 12.4 Å². The Kier molecular flexibility index (Phi) is 6.20. The van der Waals surface area contributed by atoms with E-state index in [1.54, 1.807) is 0 Å². The lowest BCUT2D eigenvalue weighted by Crippen LogP contribution is -2.25. The van der Waals surface area contributed by atoms with Gasteiger partial charge in [0, 0.05) is 6.54 Å². The van der Waals surface area contributed by atoms with E-state index in [0.29, 0.717) is 11.8 Å².